The van der Waals surface area contributed by atoms with E-state index in [0.29, 0.717) is 12.4 Å². The summed E-state index contributed by atoms with van der Waals surface area (Å²) in [4.78, 5) is 28.1. The molecule has 1 unspecified atom stereocenters. The maximum atomic E-state index is 13.6. The molecule has 28 heavy (non-hydrogen) atoms. The monoisotopic (exact) mass is 370 g/mol. The van der Waals surface area contributed by atoms with E-state index in [9.17, 15) is 9.59 Å². The molecule has 0 bridgehead atoms. The minimum absolute atomic E-state index is 0.0595. The fourth-order valence-corrected chi connectivity index (χ4v) is 4.32. The standard InChI is InChI=1S/C22H18N4O2/c1-2-12-25-18-11-7-6-10-16(18)22(21(25)28)13-19(27)24-20-17(22)14-23-26(20)15-8-4-3-5-9-15/h2-11,14H,1,12-13H2,(H,24,27). The van der Waals surface area contributed by atoms with Crippen LogP contribution in [0.1, 0.15) is 17.5 Å². The van der Waals surface area contributed by atoms with Crippen LogP contribution in [0.5, 0.6) is 0 Å². The molecule has 1 atom stereocenters. The average Bonchev–Trinajstić information content (AvgIpc) is 3.24. The Morgan fingerprint density at radius 3 is 2.61 bits per heavy atom. The second-order valence-electron chi connectivity index (χ2n) is 7.01. The van der Waals surface area contributed by atoms with Gasteiger partial charge in [-0.25, -0.2) is 4.68 Å². The van der Waals surface area contributed by atoms with Crippen molar-refractivity contribution in [3.05, 3.63) is 84.6 Å². The zero-order valence-corrected chi connectivity index (χ0v) is 15.1. The summed E-state index contributed by atoms with van der Waals surface area (Å²) in [6.45, 7) is 4.17. The van der Waals surface area contributed by atoms with Gasteiger partial charge in [0.05, 0.1) is 11.9 Å². The molecule has 5 rings (SSSR count). The maximum Gasteiger partial charge on any atom is 0.243 e. The van der Waals surface area contributed by atoms with E-state index >= 15 is 0 Å². The highest BCUT2D eigenvalue weighted by Crippen LogP contribution is 2.52. The first kappa shape index (κ1) is 16.5. The molecule has 0 saturated carbocycles. The average molecular weight is 370 g/mol. The van der Waals surface area contributed by atoms with Gasteiger partial charge in [-0.1, -0.05) is 42.5 Å². The van der Waals surface area contributed by atoms with Crippen LogP contribution < -0.4 is 10.2 Å². The number of carbonyl (C=O) groups excluding carboxylic acids is 2. The first-order valence-electron chi connectivity index (χ1n) is 9.13. The van der Waals surface area contributed by atoms with E-state index in [2.05, 4.69) is 17.0 Å². The van der Waals surface area contributed by atoms with E-state index in [-0.39, 0.29) is 18.2 Å². The molecule has 2 aliphatic rings. The SMILES string of the molecule is C=CCN1C(=O)C2(CC(=O)Nc3c2cnn3-c2ccccc2)c2ccccc21. The molecule has 6 nitrogen and oxygen atoms in total. The lowest BCUT2D eigenvalue weighted by Crippen LogP contribution is -2.46. The highest BCUT2D eigenvalue weighted by atomic mass is 16.2. The van der Waals surface area contributed by atoms with Crippen LogP contribution in [0.25, 0.3) is 5.69 Å². The number of anilines is 2. The molecule has 0 saturated heterocycles. The Morgan fingerprint density at radius 2 is 1.82 bits per heavy atom. The number of carbonyl (C=O) groups is 2. The summed E-state index contributed by atoms with van der Waals surface area (Å²) in [6, 6.07) is 17.2. The Balaban J connectivity index is 1.77. The predicted molar refractivity (Wildman–Crippen MR) is 107 cm³/mol. The van der Waals surface area contributed by atoms with Crippen molar-refractivity contribution in [1.82, 2.24) is 9.78 Å². The molecule has 1 N–H and O–H groups in total. The van der Waals surface area contributed by atoms with E-state index in [4.69, 9.17) is 0 Å². The number of nitrogens with one attached hydrogen (secondary N) is 1. The smallest absolute Gasteiger partial charge is 0.243 e. The Labute approximate surface area is 162 Å². The summed E-state index contributed by atoms with van der Waals surface area (Å²) in [6.07, 6.45) is 3.46. The Morgan fingerprint density at radius 1 is 1.07 bits per heavy atom. The summed E-state index contributed by atoms with van der Waals surface area (Å²) >= 11 is 0. The number of hydrogen-bond acceptors (Lipinski definition) is 3. The van der Waals surface area contributed by atoms with Crippen LogP contribution in [-0.4, -0.2) is 28.1 Å². The van der Waals surface area contributed by atoms with Crippen molar-refractivity contribution in [2.75, 3.05) is 16.8 Å². The van der Waals surface area contributed by atoms with Gasteiger partial charge < -0.3 is 10.2 Å². The zero-order valence-electron chi connectivity index (χ0n) is 15.1. The van der Waals surface area contributed by atoms with Gasteiger partial charge in [0.1, 0.15) is 11.2 Å². The molecule has 1 spiro atoms. The quantitative estimate of drug-likeness (QED) is 0.721. The molecule has 2 aromatic carbocycles. The van der Waals surface area contributed by atoms with Crippen LogP contribution in [0, 0.1) is 0 Å². The first-order chi connectivity index (χ1) is 13.7. The molecule has 0 fully saturated rings. The van der Waals surface area contributed by atoms with Gasteiger partial charge in [-0.2, -0.15) is 5.10 Å². The van der Waals surface area contributed by atoms with Crippen LogP contribution in [-0.2, 0) is 15.0 Å². The number of nitrogens with zero attached hydrogens (tertiary/aromatic N) is 3. The lowest BCUT2D eigenvalue weighted by Gasteiger charge is -2.32. The van der Waals surface area contributed by atoms with Crippen LogP contribution in [0.2, 0.25) is 0 Å². The van der Waals surface area contributed by atoms with Crippen molar-refractivity contribution in [1.29, 1.82) is 0 Å². The van der Waals surface area contributed by atoms with E-state index in [1.54, 1.807) is 21.9 Å². The van der Waals surface area contributed by atoms with Crippen LogP contribution in [0.4, 0.5) is 11.5 Å². The first-order valence-corrected chi connectivity index (χ1v) is 9.13. The molecule has 3 aromatic rings. The van der Waals surface area contributed by atoms with Crippen molar-refractivity contribution in [3.8, 4) is 5.69 Å². The lowest BCUT2D eigenvalue weighted by molar-refractivity contribution is -0.126. The number of rotatable bonds is 3. The molecule has 1 aromatic heterocycles. The summed E-state index contributed by atoms with van der Waals surface area (Å²) < 4.78 is 1.68. The topological polar surface area (TPSA) is 67.2 Å². The van der Waals surface area contributed by atoms with Gasteiger partial charge in [-0.3, -0.25) is 9.59 Å². The van der Waals surface area contributed by atoms with Crippen molar-refractivity contribution >= 4 is 23.3 Å². The minimum atomic E-state index is -1.07. The third kappa shape index (κ3) is 2.05. The second-order valence-corrected chi connectivity index (χ2v) is 7.01. The predicted octanol–water partition coefficient (Wildman–Crippen LogP) is 3.03. The fourth-order valence-electron chi connectivity index (χ4n) is 4.32. The zero-order chi connectivity index (χ0) is 19.3. The van der Waals surface area contributed by atoms with Gasteiger partial charge >= 0.3 is 0 Å². The van der Waals surface area contributed by atoms with Gasteiger partial charge in [0, 0.05) is 24.2 Å². The highest BCUT2D eigenvalue weighted by Gasteiger charge is 2.56. The van der Waals surface area contributed by atoms with Gasteiger partial charge in [0.15, 0.2) is 0 Å². The molecule has 0 radical (unpaired) electrons. The number of amides is 2. The van der Waals surface area contributed by atoms with Crippen molar-refractivity contribution < 1.29 is 9.59 Å². The Bertz CT molecular complexity index is 1120. The van der Waals surface area contributed by atoms with Crippen molar-refractivity contribution in [2.24, 2.45) is 0 Å². The van der Waals surface area contributed by atoms with E-state index < -0.39 is 5.41 Å². The van der Waals surface area contributed by atoms with Crippen molar-refractivity contribution in [3.63, 3.8) is 0 Å². The lowest BCUT2D eigenvalue weighted by atomic mass is 9.72. The molecule has 2 aliphatic heterocycles. The highest BCUT2D eigenvalue weighted by molar-refractivity contribution is 6.15. The minimum Gasteiger partial charge on any atom is -0.310 e. The number of aromatic nitrogens is 2. The van der Waals surface area contributed by atoms with Crippen LogP contribution >= 0.6 is 0 Å². The third-order valence-electron chi connectivity index (χ3n) is 5.49. The summed E-state index contributed by atoms with van der Waals surface area (Å²) in [7, 11) is 0. The van der Waals surface area contributed by atoms with E-state index in [1.165, 1.54) is 0 Å². The summed E-state index contributed by atoms with van der Waals surface area (Å²) in [5.74, 6) is 0.233. The normalized spacial score (nSPS) is 20.1. The third-order valence-corrected chi connectivity index (χ3v) is 5.49. The molecule has 2 amide bonds. The van der Waals surface area contributed by atoms with Gasteiger partial charge in [-0.05, 0) is 23.8 Å². The van der Waals surface area contributed by atoms with E-state index in [1.807, 2.05) is 54.6 Å². The number of fused-ring (bicyclic) bond motifs is 4. The molecule has 0 aliphatic carbocycles. The van der Waals surface area contributed by atoms with Crippen molar-refractivity contribution in [2.45, 2.75) is 11.8 Å². The fraction of sp³-hybridized carbons (Fsp3) is 0.136. The molecular weight excluding hydrogens is 352 g/mol. The van der Waals surface area contributed by atoms with E-state index in [0.717, 1.165) is 22.5 Å². The Hall–Kier alpha value is -3.67. The molecule has 3 heterocycles. The summed E-state index contributed by atoms with van der Waals surface area (Å²) in [5, 5.41) is 7.44. The number of benzene rings is 2. The molecule has 6 heteroatoms. The summed E-state index contributed by atoms with van der Waals surface area (Å²) in [5.41, 5.74) is 2.14. The van der Waals surface area contributed by atoms with Gasteiger partial charge in [0.2, 0.25) is 11.8 Å². The Kier molecular flexibility index (Phi) is 3.49. The van der Waals surface area contributed by atoms with Crippen LogP contribution in [0.3, 0.4) is 0 Å². The molecule has 138 valence electrons. The molecular formula is C22H18N4O2. The second kappa shape index (κ2) is 5.92. The van der Waals surface area contributed by atoms with Gasteiger partial charge in [0.25, 0.3) is 0 Å². The maximum absolute atomic E-state index is 13.6. The largest absolute Gasteiger partial charge is 0.310 e. The number of para-hydroxylation sites is 2. The van der Waals surface area contributed by atoms with Crippen LogP contribution in [0.15, 0.2) is 73.4 Å². The van der Waals surface area contributed by atoms with Gasteiger partial charge in [-0.15, -0.1) is 6.58 Å². The number of hydrogen-bond donors (Lipinski definition) is 1.